The molecule has 160 valence electrons. The minimum Gasteiger partial charge on any atom is -0.368 e. The molecule has 0 bridgehead atoms. The number of nitrogens with zero attached hydrogens (tertiary/aromatic N) is 4. The van der Waals surface area contributed by atoms with Crippen LogP contribution in [-0.4, -0.2) is 59.8 Å². The largest absolute Gasteiger partial charge is 0.368 e. The summed E-state index contributed by atoms with van der Waals surface area (Å²) in [5.41, 5.74) is 6.10. The lowest BCUT2D eigenvalue weighted by molar-refractivity contribution is -0.119. The number of hydrogen-bond acceptors (Lipinski definition) is 8. The quantitative estimate of drug-likeness (QED) is 0.548. The molecule has 1 unspecified atom stereocenters. The minimum absolute atomic E-state index is 0.00132. The molecule has 2 aromatic heterocycles. The van der Waals surface area contributed by atoms with E-state index in [4.69, 9.17) is 5.73 Å². The van der Waals surface area contributed by atoms with Crippen LogP contribution in [0.3, 0.4) is 0 Å². The first kappa shape index (κ1) is 22.8. The van der Waals surface area contributed by atoms with Gasteiger partial charge in [-0.15, -0.1) is 0 Å². The number of sulfonamides is 1. The van der Waals surface area contributed by atoms with Crippen molar-refractivity contribution in [3.05, 3.63) is 12.3 Å². The van der Waals surface area contributed by atoms with Crippen molar-refractivity contribution < 1.29 is 13.2 Å². The van der Waals surface area contributed by atoms with Crippen LogP contribution in [0.15, 0.2) is 17.2 Å². The molecule has 2 rings (SSSR count). The Morgan fingerprint density at radius 3 is 2.59 bits per heavy atom. The fourth-order valence-electron chi connectivity index (χ4n) is 2.82. The van der Waals surface area contributed by atoms with Crippen LogP contribution < -0.4 is 16.4 Å². The van der Waals surface area contributed by atoms with E-state index in [1.807, 2.05) is 6.92 Å². The SMILES string of the molecule is CCCCC(C)(CNC(C)=O)Nc1nc(N)nc2cc(S(=O)(=O)N(C)C)cnc12. The highest BCUT2D eigenvalue weighted by molar-refractivity contribution is 7.89. The van der Waals surface area contributed by atoms with Crippen molar-refractivity contribution in [3.63, 3.8) is 0 Å². The van der Waals surface area contributed by atoms with Crippen molar-refractivity contribution in [2.45, 2.75) is 50.5 Å². The lowest BCUT2D eigenvalue weighted by atomic mass is 9.94. The molecular formula is C18H29N7O3S. The number of hydrogen-bond donors (Lipinski definition) is 3. The molecule has 4 N–H and O–H groups in total. The van der Waals surface area contributed by atoms with E-state index in [0.717, 1.165) is 23.6 Å². The van der Waals surface area contributed by atoms with Crippen molar-refractivity contribution in [2.75, 3.05) is 31.7 Å². The molecule has 0 saturated carbocycles. The number of unbranched alkanes of at least 4 members (excludes halogenated alkanes) is 1. The van der Waals surface area contributed by atoms with Crippen molar-refractivity contribution >= 4 is 38.7 Å². The van der Waals surface area contributed by atoms with Gasteiger partial charge in [-0.2, -0.15) is 4.98 Å². The molecule has 1 amide bonds. The van der Waals surface area contributed by atoms with Crippen LogP contribution in [0.1, 0.15) is 40.0 Å². The third-order valence-corrected chi connectivity index (χ3v) is 6.32. The van der Waals surface area contributed by atoms with Gasteiger partial charge in [0.2, 0.25) is 21.9 Å². The molecule has 0 spiro atoms. The number of rotatable bonds is 9. The Morgan fingerprint density at radius 1 is 1.31 bits per heavy atom. The van der Waals surface area contributed by atoms with Crippen LogP contribution in [0.4, 0.5) is 11.8 Å². The van der Waals surface area contributed by atoms with Crippen molar-refractivity contribution in [1.29, 1.82) is 0 Å². The van der Waals surface area contributed by atoms with Crippen molar-refractivity contribution in [2.24, 2.45) is 0 Å². The normalized spacial score (nSPS) is 14.0. The number of nitrogen functional groups attached to an aromatic ring is 1. The Morgan fingerprint density at radius 2 is 2.00 bits per heavy atom. The maximum atomic E-state index is 12.4. The molecule has 29 heavy (non-hydrogen) atoms. The van der Waals surface area contributed by atoms with E-state index < -0.39 is 15.6 Å². The standard InChI is InChI=1S/C18H29N7O3S/c1-6-7-8-18(3,11-21-12(2)26)24-16-15-14(22-17(19)23-16)9-13(10-20-15)29(27,28)25(4)5/h9-10H,6-8,11H2,1-5H3,(H,21,26)(H3,19,22,23,24). The summed E-state index contributed by atoms with van der Waals surface area (Å²) in [5, 5.41) is 6.18. The molecule has 2 aromatic rings. The Bertz CT molecular complexity index is 994. The maximum absolute atomic E-state index is 12.4. The summed E-state index contributed by atoms with van der Waals surface area (Å²) in [7, 11) is -0.765. The van der Waals surface area contributed by atoms with E-state index in [1.54, 1.807) is 0 Å². The highest BCUT2D eigenvalue weighted by Crippen LogP contribution is 2.27. The van der Waals surface area contributed by atoms with Gasteiger partial charge in [-0.1, -0.05) is 19.8 Å². The molecule has 0 aliphatic carbocycles. The van der Waals surface area contributed by atoms with Gasteiger partial charge in [0.1, 0.15) is 10.4 Å². The lowest BCUT2D eigenvalue weighted by Gasteiger charge is -2.32. The van der Waals surface area contributed by atoms with E-state index in [-0.39, 0.29) is 16.8 Å². The highest BCUT2D eigenvalue weighted by atomic mass is 32.2. The Kier molecular flexibility index (Phi) is 6.96. The summed E-state index contributed by atoms with van der Waals surface area (Å²) in [6.07, 6.45) is 4.00. The summed E-state index contributed by atoms with van der Waals surface area (Å²) in [6, 6.07) is 1.43. The molecule has 1 atom stereocenters. The average molecular weight is 424 g/mol. The van der Waals surface area contributed by atoms with Crippen molar-refractivity contribution in [3.8, 4) is 0 Å². The van der Waals surface area contributed by atoms with E-state index >= 15 is 0 Å². The van der Waals surface area contributed by atoms with Crippen LogP contribution in [0.25, 0.3) is 11.0 Å². The van der Waals surface area contributed by atoms with Gasteiger partial charge in [0.15, 0.2) is 5.82 Å². The molecule has 0 aliphatic heterocycles. The average Bonchev–Trinajstić information content (AvgIpc) is 2.64. The Balaban J connectivity index is 2.49. The van der Waals surface area contributed by atoms with Gasteiger partial charge in [-0.3, -0.25) is 4.79 Å². The number of carbonyl (C=O) groups is 1. The summed E-state index contributed by atoms with van der Waals surface area (Å²) in [6.45, 7) is 5.92. The van der Waals surface area contributed by atoms with E-state index in [0.29, 0.717) is 23.4 Å². The predicted octanol–water partition coefficient (Wildman–Crippen LogP) is 1.35. The number of anilines is 2. The topological polar surface area (TPSA) is 143 Å². The van der Waals surface area contributed by atoms with Crippen molar-refractivity contribution in [1.82, 2.24) is 24.6 Å². The van der Waals surface area contributed by atoms with Gasteiger partial charge >= 0.3 is 0 Å². The number of carbonyl (C=O) groups excluding carboxylic acids is 1. The van der Waals surface area contributed by atoms with Crippen LogP contribution in [0.2, 0.25) is 0 Å². The minimum atomic E-state index is -3.66. The van der Waals surface area contributed by atoms with E-state index in [9.17, 15) is 13.2 Å². The monoisotopic (exact) mass is 423 g/mol. The molecule has 0 aliphatic rings. The van der Waals surface area contributed by atoms with Gasteiger partial charge in [0, 0.05) is 33.8 Å². The molecule has 0 fully saturated rings. The number of pyridine rings is 1. The molecule has 10 nitrogen and oxygen atoms in total. The first-order valence-corrected chi connectivity index (χ1v) is 10.8. The second-order valence-electron chi connectivity index (χ2n) is 7.46. The summed E-state index contributed by atoms with van der Waals surface area (Å²) in [5.74, 6) is 0.266. The van der Waals surface area contributed by atoms with Gasteiger partial charge in [0.05, 0.1) is 11.1 Å². The zero-order valence-electron chi connectivity index (χ0n) is 17.5. The maximum Gasteiger partial charge on any atom is 0.244 e. The molecular weight excluding hydrogens is 394 g/mol. The predicted molar refractivity (Wildman–Crippen MR) is 113 cm³/mol. The number of nitrogens with two attached hydrogens (primary N) is 1. The number of aromatic nitrogens is 3. The zero-order valence-corrected chi connectivity index (χ0v) is 18.3. The molecule has 0 saturated heterocycles. The Hall–Kier alpha value is -2.53. The second-order valence-corrected chi connectivity index (χ2v) is 9.61. The number of amides is 1. The smallest absolute Gasteiger partial charge is 0.244 e. The summed E-state index contributed by atoms with van der Waals surface area (Å²) < 4.78 is 25.9. The second kappa shape index (κ2) is 8.87. The third-order valence-electron chi connectivity index (χ3n) is 4.54. The molecule has 0 aromatic carbocycles. The molecule has 0 radical (unpaired) electrons. The van der Waals surface area contributed by atoms with Gasteiger partial charge in [-0.25, -0.2) is 22.7 Å². The van der Waals surface area contributed by atoms with E-state index in [2.05, 4.69) is 32.5 Å². The zero-order chi connectivity index (χ0) is 21.8. The van der Waals surface area contributed by atoms with Crippen LogP contribution in [-0.2, 0) is 14.8 Å². The lowest BCUT2D eigenvalue weighted by Crippen LogP contribution is -2.46. The van der Waals surface area contributed by atoms with E-state index in [1.165, 1.54) is 33.3 Å². The summed E-state index contributed by atoms with van der Waals surface area (Å²) in [4.78, 5) is 24.1. The van der Waals surface area contributed by atoms with Crippen LogP contribution in [0, 0.1) is 0 Å². The number of nitrogens with one attached hydrogen (secondary N) is 2. The fraction of sp³-hybridized carbons (Fsp3) is 0.556. The van der Waals surface area contributed by atoms with Crippen LogP contribution >= 0.6 is 0 Å². The molecule has 11 heteroatoms. The van der Waals surface area contributed by atoms with Gasteiger partial charge < -0.3 is 16.4 Å². The first-order chi connectivity index (χ1) is 13.5. The third kappa shape index (κ3) is 5.51. The molecule has 2 heterocycles. The van der Waals surface area contributed by atoms with Crippen LogP contribution in [0.5, 0.6) is 0 Å². The fourth-order valence-corrected chi connectivity index (χ4v) is 3.69. The summed E-state index contributed by atoms with van der Waals surface area (Å²) >= 11 is 0. The Labute approximate surface area is 171 Å². The van der Waals surface area contributed by atoms with Gasteiger partial charge in [0.25, 0.3) is 0 Å². The van der Waals surface area contributed by atoms with Gasteiger partial charge in [-0.05, 0) is 19.4 Å². The first-order valence-electron chi connectivity index (χ1n) is 9.37. The highest BCUT2D eigenvalue weighted by Gasteiger charge is 2.27. The number of fused-ring (bicyclic) bond motifs is 1.